The second-order valence-electron chi connectivity index (χ2n) is 4.93. The Hall–Kier alpha value is -1.62. The third kappa shape index (κ3) is 2.31. The van der Waals surface area contributed by atoms with Gasteiger partial charge < -0.3 is 9.47 Å². The lowest BCUT2D eigenvalue weighted by molar-refractivity contribution is 0.319. The molecule has 0 spiro atoms. The third-order valence-electron chi connectivity index (χ3n) is 3.72. The fourth-order valence-corrected chi connectivity index (χ4v) is 2.62. The Morgan fingerprint density at radius 1 is 1.33 bits per heavy atom. The molecule has 3 heterocycles. The van der Waals surface area contributed by atoms with E-state index in [2.05, 4.69) is 37.5 Å². The van der Waals surface area contributed by atoms with Crippen LogP contribution in [-0.2, 0) is 13.5 Å². The van der Waals surface area contributed by atoms with Gasteiger partial charge in [0.2, 0.25) is 0 Å². The van der Waals surface area contributed by atoms with E-state index in [0.717, 1.165) is 31.9 Å². The number of aromatic nitrogens is 4. The van der Waals surface area contributed by atoms with Crippen molar-refractivity contribution in [1.82, 2.24) is 24.2 Å². The molecule has 0 radical (unpaired) electrons. The molecule has 96 valence electrons. The van der Waals surface area contributed by atoms with Gasteiger partial charge in [-0.15, -0.1) is 0 Å². The largest absolute Gasteiger partial charge is 0.338 e. The molecular formula is C13H19N5. The summed E-state index contributed by atoms with van der Waals surface area (Å²) in [4.78, 5) is 6.87. The molecule has 1 saturated heterocycles. The van der Waals surface area contributed by atoms with Crippen LogP contribution in [0.25, 0.3) is 0 Å². The van der Waals surface area contributed by atoms with Crippen LogP contribution in [0.15, 0.2) is 30.9 Å². The number of aryl methyl sites for hydroxylation is 1. The Kier molecular flexibility index (Phi) is 3.15. The fraction of sp³-hybridized carbons (Fsp3) is 0.538. The van der Waals surface area contributed by atoms with Crippen LogP contribution >= 0.6 is 0 Å². The van der Waals surface area contributed by atoms with Gasteiger partial charge in [0.15, 0.2) is 0 Å². The van der Waals surface area contributed by atoms with Gasteiger partial charge >= 0.3 is 0 Å². The molecule has 1 fully saturated rings. The van der Waals surface area contributed by atoms with Crippen molar-refractivity contribution >= 4 is 0 Å². The smallest absolute Gasteiger partial charge is 0.109 e. The summed E-state index contributed by atoms with van der Waals surface area (Å²) in [6.45, 7) is 3.35. The third-order valence-corrected chi connectivity index (χ3v) is 3.72. The zero-order valence-corrected chi connectivity index (χ0v) is 10.7. The van der Waals surface area contributed by atoms with Crippen molar-refractivity contribution in [1.29, 1.82) is 0 Å². The van der Waals surface area contributed by atoms with E-state index in [1.54, 1.807) is 0 Å². The van der Waals surface area contributed by atoms with Crippen molar-refractivity contribution in [2.24, 2.45) is 7.05 Å². The van der Waals surface area contributed by atoms with E-state index < -0.39 is 0 Å². The van der Waals surface area contributed by atoms with Gasteiger partial charge in [-0.25, -0.2) is 4.98 Å². The highest BCUT2D eigenvalue weighted by atomic mass is 15.3. The highest BCUT2D eigenvalue weighted by Crippen LogP contribution is 2.20. The molecule has 1 unspecified atom stereocenters. The fourth-order valence-electron chi connectivity index (χ4n) is 2.62. The van der Waals surface area contributed by atoms with Crippen LogP contribution in [0.3, 0.4) is 0 Å². The summed E-state index contributed by atoms with van der Waals surface area (Å²) in [6.07, 6.45) is 10.0. The maximum atomic E-state index is 4.36. The average Bonchev–Trinajstić information content (AvgIpc) is 3.08. The number of nitrogens with zero attached hydrogens (tertiary/aromatic N) is 5. The van der Waals surface area contributed by atoms with E-state index in [1.807, 2.05) is 24.7 Å². The first-order chi connectivity index (χ1) is 8.83. The van der Waals surface area contributed by atoms with E-state index in [9.17, 15) is 0 Å². The molecule has 3 rings (SSSR count). The Balaban J connectivity index is 1.52. The maximum absolute atomic E-state index is 4.36. The van der Waals surface area contributed by atoms with Crippen LogP contribution in [0.1, 0.15) is 18.3 Å². The van der Waals surface area contributed by atoms with Crippen molar-refractivity contribution in [3.63, 3.8) is 0 Å². The minimum absolute atomic E-state index is 0.543. The Morgan fingerprint density at radius 2 is 2.28 bits per heavy atom. The molecule has 5 nitrogen and oxygen atoms in total. The molecule has 0 aliphatic carbocycles. The SMILES string of the molecule is Cn1ccnc1CCN1CCC(n2cccn2)C1. The zero-order valence-electron chi connectivity index (χ0n) is 10.7. The van der Waals surface area contributed by atoms with Gasteiger partial charge in [0, 0.05) is 57.9 Å². The van der Waals surface area contributed by atoms with Crippen molar-refractivity contribution in [2.75, 3.05) is 19.6 Å². The second kappa shape index (κ2) is 4.94. The van der Waals surface area contributed by atoms with E-state index in [-0.39, 0.29) is 0 Å². The summed E-state index contributed by atoms with van der Waals surface area (Å²) in [7, 11) is 2.05. The van der Waals surface area contributed by atoms with Gasteiger partial charge in [-0.3, -0.25) is 4.68 Å². The van der Waals surface area contributed by atoms with Gasteiger partial charge in [-0.05, 0) is 12.5 Å². The standard InChI is InChI=1S/C13H19N5/c1-16-10-6-14-13(16)4-9-17-8-3-12(11-17)18-7-2-5-15-18/h2,5-7,10,12H,3-4,8-9,11H2,1H3. The summed E-state index contributed by atoms with van der Waals surface area (Å²) in [5.41, 5.74) is 0. The monoisotopic (exact) mass is 245 g/mol. The summed E-state index contributed by atoms with van der Waals surface area (Å²) in [5.74, 6) is 1.16. The maximum Gasteiger partial charge on any atom is 0.109 e. The van der Waals surface area contributed by atoms with Gasteiger partial charge in [-0.1, -0.05) is 0 Å². The molecule has 1 aliphatic heterocycles. The predicted octanol–water partition coefficient (Wildman–Crippen LogP) is 1.11. The van der Waals surface area contributed by atoms with Crippen LogP contribution in [0.5, 0.6) is 0 Å². The first-order valence-electron chi connectivity index (χ1n) is 6.50. The van der Waals surface area contributed by atoms with Crippen LogP contribution in [-0.4, -0.2) is 43.9 Å². The van der Waals surface area contributed by atoms with Crippen LogP contribution in [0.2, 0.25) is 0 Å². The first-order valence-corrected chi connectivity index (χ1v) is 6.50. The van der Waals surface area contributed by atoms with E-state index in [1.165, 1.54) is 6.42 Å². The normalized spacial score (nSPS) is 20.6. The lowest BCUT2D eigenvalue weighted by Crippen LogP contribution is -2.25. The van der Waals surface area contributed by atoms with E-state index >= 15 is 0 Å². The molecule has 2 aromatic rings. The van der Waals surface area contributed by atoms with E-state index in [0.29, 0.717) is 6.04 Å². The van der Waals surface area contributed by atoms with Crippen LogP contribution in [0.4, 0.5) is 0 Å². The minimum Gasteiger partial charge on any atom is -0.338 e. The first kappa shape index (κ1) is 11.5. The van der Waals surface area contributed by atoms with Gasteiger partial charge in [0.25, 0.3) is 0 Å². The number of imidazole rings is 1. The molecule has 2 aromatic heterocycles. The molecular weight excluding hydrogens is 226 g/mol. The van der Waals surface area contributed by atoms with Gasteiger partial charge in [0.05, 0.1) is 6.04 Å². The summed E-state index contributed by atoms with van der Waals surface area (Å²) in [6, 6.07) is 2.54. The number of hydrogen-bond acceptors (Lipinski definition) is 3. The van der Waals surface area contributed by atoms with Crippen LogP contribution < -0.4 is 0 Å². The molecule has 18 heavy (non-hydrogen) atoms. The van der Waals surface area contributed by atoms with Crippen molar-refractivity contribution < 1.29 is 0 Å². The van der Waals surface area contributed by atoms with E-state index in [4.69, 9.17) is 0 Å². The molecule has 0 N–H and O–H groups in total. The summed E-state index contributed by atoms with van der Waals surface area (Å²) in [5, 5.41) is 4.33. The number of likely N-dealkylation sites (tertiary alicyclic amines) is 1. The highest BCUT2D eigenvalue weighted by Gasteiger charge is 2.23. The van der Waals surface area contributed by atoms with Crippen molar-refractivity contribution in [3.05, 3.63) is 36.7 Å². The molecule has 1 aliphatic rings. The minimum atomic E-state index is 0.543. The van der Waals surface area contributed by atoms with Crippen molar-refractivity contribution in [3.8, 4) is 0 Å². The molecule has 1 atom stereocenters. The lowest BCUT2D eigenvalue weighted by Gasteiger charge is -2.15. The average molecular weight is 245 g/mol. The van der Waals surface area contributed by atoms with Crippen molar-refractivity contribution in [2.45, 2.75) is 18.9 Å². The highest BCUT2D eigenvalue weighted by molar-refractivity contribution is 4.93. The van der Waals surface area contributed by atoms with Crippen LogP contribution in [0, 0.1) is 0 Å². The Morgan fingerprint density at radius 3 is 3.00 bits per heavy atom. The quantitative estimate of drug-likeness (QED) is 0.810. The second-order valence-corrected chi connectivity index (χ2v) is 4.93. The Labute approximate surface area is 107 Å². The Bertz CT molecular complexity index is 487. The number of hydrogen-bond donors (Lipinski definition) is 0. The molecule has 5 heteroatoms. The van der Waals surface area contributed by atoms with Gasteiger partial charge in [-0.2, -0.15) is 5.10 Å². The summed E-state index contributed by atoms with van der Waals surface area (Å²) >= 11 is 0. The topological polar surface area (TPSA) is 38.9 Å². The molecule has 0 aromatic carbocycles. The lowest BCUT2D eigenvalue weighted by atomic mass is 10.3. The molecule has 0 saturated carbocycles. The number of rotatable bonds is 4. The molecule has 0 amide bonds. The van der Waals surface area contributed by atoms with Gasteiger partial charge in [0.1, 0.15) is 5.82 Å². The predicted molar refractivity (Wildman–Crippen MR) is 69.2 cm³/mol. The molecule has 0 bridgehead atoms. The summed E-state index contributed by atoms with van der Waals surface area (Å²) < 4.78 is 4.18. The zero-order chi connectivity index (χ0) is 12.4.